The molecular weight excluding hydrogens is 364 g/mol. The van der Waals surface area contributed by atoms with E-state index in [4.69, 9.17) is 0 Å². The summed E-state index contributed by atoms with van der Waals surface area (Å²) in [6.07, 6.45) is 23.0. The van der Waals surface area contributed by atoms with Crippen LogP contribution < -0.4 is 0 Å². The fourth-order valence-electron chi connectivity index (χ4n) is 4.96. The molecule has 0 atom stereocenters. The number of unbranched alkanes of at least 4 members (excludes halogenated alkanes) is 4. The van der Waals surface area contributed by atoms with Gasteiger partial charge in [0.25, 0.3) is 0 Å². The van der Waals surface area contributed by atoms with Crippen molar-refractivity contribution >= 4 is 0 Å². The summed E-state index contributed by atoms with van der Waals surface area (Å²) >= 11 is 0. The van der Waals surface area contributed by atoms with Crippen molar-refractivity contribution < 1.29 is 0 Å². The monoisotopic (exact) mass is 406 g/mol. The summed E-state index contributed by atoms with van der Waals surface area (Å²) in [6, 6.07) is 8.86. The van der Waals surface area contributed by atoms with Crippen LogP contribution in [0.3, 0.4) is 0 Å². The van der Waals surface area contributed by atoms with Gasteiger partial charge in [0.1, 0.15) is 5.82 Å². The van der Waals surface area contributed by atoms with Crippen LogP contribution in [0.15, 0.2) is 36.7 Å². The van der Waals surface area contributed by atoms with Crippen LogP contribution in [0, 0.1) is 11.8 Å². The van der Waals surface area contributed by atoms with E-state index in [2.05, 4.69) is 48.1 Å². The van der Waals surface area contributed by atoms with E-state index < -0.39 is 0 Å². The molecule has 0 radical (unpaired) electrons. The van der Waals surface area contributed by atoms with Gasteiger partial charge in [-0.2, -0.15) is 0 Å². The van der Waals surface area contributed by atoms with Crippen LogP contribution in [0.1, 0.15) is 102 Å². The van der Waals surface area contributed by atoms with Crippen LogP contribution in [0.25, 0.3) is 11.1 Å². The maximum absolute atomic E-state index is 4.67. The van der Waals surface area contributed by atoms with Crippen molar-refractivity contribution in [2.75, 3.05) is 0 Å². The molecule has 2 nitrogen and oxygen atoms in total. The molecule has 0 unspecified atom stereocenters. The summed E-state index contributed by atoms with van der Waals surface area (Å²) in [7, 11) is 0. The van der Waals surface area contributed by atoms with Crippen LogP contribution in [-0.2, 0) is 12.8 Å². The van der Waals surface area contributed by atoms with E-state index in [9.17, 15) is 0 Å². The quantitative estimate of drug-likeness (QED) is 0.332. The Kier molecular flexibility index (Phi) is 9.86. The first kappa shape index (κ1) is 23.0. The average Bonchev–Trinajstić information content (AvgIpc) is 2.79. The number of aryl methyl sites for hydroxylation is 2. The van der Waals surface area contributed by atoms with Crippen LogP contribution in [0.5, 0.6) is 0 Å². The highest BCUT2D eigenvalue weighted by Gasteiger charge is 2.21. The first-order chi connectivity index (χ1) is 14.8. The molecule has 1 aromatic heterocycles. The first-order valence-corrected chi connectivity index (χ1v) is 12.7. The number of rotatable bonds is 12. The Bertz CT molecular complexity index is 696. The number of nitrogens with zero attached hydrogens (tertiary/aromatic N) is 2. The molecule has 1 heterocycles. The fraction of sp³-hybridized carbons (Fsp3) is 0.643. The third kappa shape index (κ3) is 7.52. The summed E-state index contributed by atoms with van der Waals surface area (Å²) in [5.74, 6) is 2.90. The van der Waals surface area contributed by atoms with Crippen molar-refractivity contribution in [2.24, 2.45) is 11.8 Å². The van der Waals surface area contributed by atoms with Crippen molar-refractivity contribution in [2.45, 2.75) is 104 Å². The van der Waals surface area contributed by atoms with E-state index in [1.54, 1.807) is 0 Å². The van der Waals surface area contributed by atoms with Gasteiger partial charge in [-0.15, -0.1) is 0 Å². The molecule has 1 fully saturated rings. The molecular formula is C28H42N2. The highest BCUT2D eigenvalue weighted by molar-refractivity contribution is 5.61. The van der Waals surface area contributed by atoms with Gasteiger partial charge in [-0.05, 0) is 35.8 Å². The molecule has 3 rings (SSSR count). The Labute approximate surface area is 184 Å². The smallest absolute Gasteiger partial charge is 0.128 e. The molecule has 0 bridgehead atoms. The third-order valence-corrected chi connectivity index (χ3v) is 6.99. The molecule has 1 saturated carbocycles. The van der Waals surface area contributed by atoms with Crippen molar-refractivity contribution in [1.82, 2.24) is 9.97 Å². The van der Waals surface area contributed by atoms with Gasteiger partial charge in [0.05, 0.1) is 0 Å². The predicted molar refractivity (Wildman–Crippen MR) is 129 cm³/mol. The molecule has 0 N–H and O–H groups in total. The maximum atomic E-state index is 4.67. The molecule has 2 aromatic rings. The normalized spacial score (nSPS) is 19.1. The lowest BCUT2D eigenvalue weighted by molar-refractivity contribution is 0.248. The summed E-state index contributed by atoms with van der Waals surface area (Å²) in [6.45, 7) is 4.52. The lowest BCUT2D eigenvalue weighted by Crippen LogP contribution is -2.15. The Balaban J connectivity index is 1.36. The molecule has 2 heteroatoms. The average molecular weight is 407 g/mol. The molecule has 0 aliphatic heterocycles. The number of hydrogen-bond donors (Lipinski definition) is 0. The third-order valence-electron chi connectivity index (χ3n) is 6.99. The van der Waals surface area contributed by atoms with Crippen molar-refractivity contribution in [3.8, 4) is 11.1 Å². The summed E-state index contributed by atoms with van der Waals surface area (Å²) < 4.78 is 0. The van der Waals surface area contributed by atoms with Gasteiger partial charge in [0.2, 0.25) is 0 Å². The minimum absolute atomic E-state index is 0.885. The molecule has 0 spiro atoms. The zero-order valence-corrected chi connectivity index (χ0v) is 19.4. The number of benzene rings is 1. The first-order valence-electron chi connectivity index (χ1n) is 12.7. The molecule has 1 aliphatic rings. The van der Waals surface area contributed by atoms with Crippen molar-refractivity contribution in [3.63, 3.8) is 0 Å². The van der Waals surface area contributed by atoms with Gasteiger partial charge < -0.3 is 0 Å². The summed E-state index contributed by atoms with van der Waals surface area (Å²) in [5, 5.41) is 0. The molecule has 30 heavy (non-hydrogen) atoms. The maximum Gasteiger partial charge on any atom is 0.128 e. The van der Waals surface area contributed by atoms with Crippen LogP contribution in [-0.4, -0.2) is 9.97 Å². The minimum atomic E-state index is 0.885. The molecule has 0 amide bonds. The van der Waals surface area contributed by atoms with E-state index >= 15 is 0 Å². The minimum Gasteiger partial charge on any atom is -0.241 e. The van der Waals surface area contributed by atoms with Gasteiger partial charge >= 0.3 is 0 Å². The van der Waals surface area contributed by atoms with Gasteiger partial charge in [-0.1, -0.05) is 109 Å². The van der Waals surface area contributed by atoms with E-state index in [1.807, 2.05) is 12.4 Å². The van der Waals surface area contributed by atoms with E-state index in [0.29, 0.717) is 0 Å². The molecule has 1 aliphatic carbocycles. The highest BCUT2D eigenvalue weighted by Crippen LogP contribution is 2.34. The van der Waals surface area contributed by atoms with Crippen LogP contribution in [0.2, 0.25) is 0 Å². The van der Waals surface area contributed by atoms with Crippen molar-refractivity contribution in [3.05, 3.63) is 48.0 Å². The largest absolute Gasteiger partial charge is 0.241 e. The van der Waals surface area contributed by atoms with Gasteiger partial charge in [-0.3, -0.25) is 0 Å². The molecule has 0 saturated heterocycles. The lowest BCUT2D eigenvalue weighted by Gasteiger charge is -2.28. The fourth-order valence-corrected chi connectivity index (χ4v) is 4.96. The Morgan fingerprint density at radius 1 is 0.667 bits per heavy atom. The van der Waals surface area contributed by atoms with E-state index in [0.717, 1.165) is 36.1 Å². The molecule has 164 valence electrons. The van der Waals surface area contributed by atoms with Crippen molar-refractivity contribution in [1.29, 1.82) is 0 Å². The van der Waals surface area contributed by atoms with E-state index in [1.165, 1.54) is 88.2 Å². The second-order valence-electron chi connectivity index (χ2n) is 9.46. The van der Waals surface area contributed by atoms with E-state index in [-0.39, 0.29) is 0 Å². The second kappa shape index (κ2) is 12.9. The number of hydrogen-bond acceptors (Lipinski definition) is 2. The zero-order valence-electron chi connectivity index (χ0n) is 19.4. The lowest BCUT2D eigenvalue weighted by atomic mass is 9.78. The van der Waals surface area contributed by atoms with Gasteiger partial charge in [0, 0.05) is 24.4 Å². The Morgan fingerprint density at radius 3 is 1.93 bits per heavy atom. The standard InChI is InChI=1S/C28H42N2/c1-3-5-6-7-8-10-24-11-13-25(14-12-24)17-20-28-29-21-27(22-30-28)26-18-15-23(9-4-2)16-19-26/h15-16,18-19,21-22,24-25H,3-14,17,20H2,1-2H3. The van der Waals surface area contributed by atoms with Crippen LogP contribution in [0.4, 0.5) is 0 Å². The predicted octanol–water partition coefficient (Wildman–Crippen LogP) is 8.20. The topological polar surface area (TPSA) is 25.8 Å². The van der Waals surface area contributed by atoms with Gasteiger partial charge in [0.15, 0.2) is 0 Å². The summed E-state index contributed by atoms with van der Waals surface area (Å²) in [5.41, 5.74) is 3.75. The van der Waals surface area contributed by atoms with Crippen LogP contribution >= 0.6 is 0 Å². The van der Waals surface area contributed by atoms with Gasteiger partial charge in [-0.25, -0.2) is 9.97 Å². The number of aromatic nitrogens is 2. The second-order valence-corrected chi connectivity index (χ2v) is 9.46. The zero-order chi connectivity index (χ0) is 21.0. The SMILES string of the molecule is CCCCCCCC1CCC(CCc2ncc(-c3ccc(CCC)cc3)cn2)CC1. The summed E-state index contributed by atoms with van der Waals surface area (Å²) in [4.78, 5) is 9.33. The Hall–Kier alpha value is -1.70. The Morgan fingerprint density at radius 2 is 1.30 bits per heavy atom. The molecule has 1 aromatic carbocycles. The highest BCUT2D eigenvalue weighted by atomic mass is 14.9.